The lowest BCUT2D eigenvalue weighted by Crippen LogP contribution is -2.05. The van der Waals surface area contributed by atoms with Crippen LogP contribution in [0.3, 0.4) is 0 Å². The highest BCUT2D eigenvalue weighted by molar-refractivity contribution is 5.41. The van der Waals surface area contributed by atoms with E-state index in [4.69, 9.17) is 11.5 Å². The molecule has 4 N–H and O–H groups in total. The minimum absolute atomic E-state index is 0.146. The quantitative estimate of drug-likeness (QED) is 0.666. The fraction of sp³-hybridized carbons (Fsp3) is 0.125. The van der Waals surface area contributed by atoms with Gasteiger partial charge in [-0.05, 0) is 12.5 Å². The highest BCUT2D eigenvalue weighted by Gasteiger charge is 2.02. The second-order valence-electron chi connectivity index (χ2n) is 2.97. The molecule has 2 heterocycles. The summed E-state index contributed by atoms with van der Waals surface area (Å²) in [6.45, 7) is 1.94. The number of nitrogens with zero attached hydrogens (tertiary/aromatic N) is 4. The number of nitrogen functional groups attached to an aromatic ring is 2. The topological polar surface area (TPSA) is 95.6 Å². The molecule has 0 spiro atoms. The van der Waals surface area contributed by atoms with Gasteiger partial charge in [0.05, 0.1) is 6.20 Å². The van der Waals surface area contributed by atoms with Crippen molar-refractivity contribution in [2.24, 2.45) is 0 Å². The molecule has 6 nitrogen and oxygen atoms in total. The number of aryl methyl sites for hydroxylation is 1. The molecule has 0 aliphatic rings. The maximum absolute atomic E-state index is 5.53. The molecule has 0 unspecified atom stereocenters. The predicted octanol–water partition coefficient (Wildman–Crippen LogP) is 0.135. The zero-order valence-corrected chi connectivity index (χ0v) is 7.68. The van der Waals surface area contributed by atoms with Crippen molar-refractivity contribution < 1.29 is 0 Å². The van der Waals surface area contributed by atoms with Gasteiger partial charge in [0.25, 0.3) is 0 Å². The molecule has 0 radical (unpaired) electrons. The molecule has 0 bridgehead atoms. The van der Waals surface area contributed by atoms with Gasteiger partial charge in [0, 0.05) is 12.3 Å². The molecule has 0 aliphatic carbocycles. The van der Waals surface area contributed by atoms with Crippen LogP contribution < -0.4 is 11.5 Å². The first-order valence-electron chi connectivity index (χ1n) is 4.07. The molecule has 14 heavy (non-hydrogen) atoms. The van der Waals surface area contributed by atoms with Crippen molar-refractivity contribution in [3.8, 4) is 5.82 Å². The molecule has 6 heteroatoms. The van der Waals surface area contributed by atoms with Crippen LogP contribution in [0.25, 0.3) is 5.82 Å². The summed E-state index contributed by atoms with van der Waals surface area (Å²) in [5, 5.41) is 4.08. The van der Waals surface area contributed by atoms with E-state index in [-0.39, 0.29) is 5.95 Å². The summed E-state index contributed by atoms with van der Waals surface area (Å²) in [4.78, 5) is 7.77. The highest BCUT2D eigenvalue weighted by Crippen LogP contribution is 2.09. The third kappa shape index (κ3) is 1.49. The van der Waals surface area contributed by atoms with Crippen molar-refractivity contribution >= 4 is 11.8 Å². The molecular formula is C8H10N6. The molecule has 0 saturated heterocycles. The van der Waals surface area contributed by atoms with E-state index in [0.29, 0.717) is 11.6 Å². The van der Waals surface area contributed by atoms with E-state index < -0.39 is 0 Å². The van der Waals surface area contributed by atoms with Gasteiger partial charge < -0.3 is 11.5 Å². The van der Waals surface area contributed by atoms with Crippen molar-refractivity contribution in [1.82, 2.24) is 19.7 Å². The minimum atomic E-state index is 0.146. The number of hydrogen-bond acceptors (Lipinski definition) is 5. The highest BCUT2D eigenvalue weighted by atomic mass is 15.3. The first kappa shape index (κ1) is 8.49. The summed E-state index contributed by atoms with van der Waals surface area (Å²) >= 11 is 0. The Hall–Kier alpha value is -2.11. The smallest absolute Gasteiger partial charge is 0.224 e. The fourth-order valence-corrected chi connectivity index (χ4v) is 1.13. The van der Waals surface area contributed by atoms with Gasteiger partial charge in [-0.25, -0.2) is 4.68 Å². The van der Waals surface area contributed by atoms with E-state index in [1.54, 1.807) is 16.9 Å². The van der Waals surface area contributed by atoms with Crippen LogP contribution >= 0.6 is 0 Å². The van der Waals surface area contributed by atoms with E-state index in [2.05, 4.69) is 15.1 Å². The lowest BCUT2D eigenvalue weighted by atomic mass is 10.4. The van der Waals surface area contributed by atoms with Crippen molar-refractivity contribution in [3.63, 3.8) is 0 Å². The van der Waals surface area contributed by atoms with Crippen LogP contribution in [-0.4, -0.2) is 19.7 Å². The second kappa shape index (κ2) is 2.99. The number of anilines is 2. The molecule has 0 aromatic carbocycles. The van der Waals surface area contributed by atoms with E-state index in [1.165, 1.54) is 0 Å². The van der Waals surface area contributed by atoms with E-state index in [1.807, 2.05) is 13.1 Å². The number of aromatic nitrogens is 4. The van der Waals surface area contributed by atoms with Crippen molar-refractivity contribution in [3.05, 3.63) is 24.0 Å². The average Bonchev–Trinajstić information content (AvgIpc) is 2.50. The van der Waals surface area contributed by atoms with Gasteiger partial charge >= 0.3 is 0 Å². The van der Waals surface area contributed by atoms with Crippen LogP contribution in [0.1, 0.15) is 5.56 Å². The monoisotopic (exact) mass is 190 g/mol. The van der Waals surface area contributed by atoms with Crippen molar-refractivity contribution in [1.29, 1.82) is 0 Å². The Morgan fingerprint density at radius 3 is 2.64 bits per heavy atom. The Kier molecular flexibility index (Phi) is 1.81. The number of hydrogen-bond donors (Lipinski definition) is 2. The molecule has 0 aliphatic heterocycles. The summed E-state index contributed by atoms with van der Waals surface area (Å²) < 4.78 is 1.60. The molecule has 0 amide bonds. The Morgan fingerprint density at radius 1 is 1.29 bits per heavy atom. The van der Waals surface area contributed by atoms with Crippen molar-refractivity contribution in [2.45, 2.75) is 6.92 Å². The SMILES string of the molecule is Cc1cnn(-c2cc(N)nc(N)n2)c1. The van der Waals surface area contributed by atoms with Crippen LogP contribution in [0.2, 0.25) is 0 Å². The Labute approximate surface area is 80.6 Å². The van der Waals surface area contributed by atoms with Gasteiger partial charge in [0.2, 0.25) is 5.95 Å². The molecule has 0 atom stereocenters. The molecule has 72 valence electrons. The maximum Gasteiger partial charge on any atom is 0.224 e. The average molecular weight is 190 g/mol. The second-order valence-corrected chi connectivity index (χ2v) is 2.97. The predicted molar refractivity (Wildman–Crippen MR) is 52.7 cm³/mol. The summed E-state index contributed by atoms with van der Waals surface area (Å²) in [5.41, 5.74) is 12.0. The third-order valence-corrected chi connectivity index (χ3v) is 1.70. The largest absolute Gasteiger partial charge is 0.383 e. The molecule has 2 aromatic heterocycles. The van der Waals surface area contributed by atoms with Crippen LogP contribution in [0.15, 0.2) is 18.5 Å². The minimum Gasteiger partial charge on any atom is -0.383 e. The standard InChI is InChI=1S/C8H10N6/c1-5-3-11-14(4-5)7-2-6(9)12-8(10)13-7/h2-4H,1H3,(H4,9,10,12,13). The number of nitrogens with two attached hydrogens (primary N) is 2. The number of rotatable bonds is 1. The summed E-state index contributed by atoms with van der Waals surface area (Å²) in [7, 11) is 0. The summed E-state index contributed by atoms with van der Waals surface area (Å²) in [6, 6.07) is 1.61. The Morgan fingerprint density at radius 2 is 2.07 bits per heavy atom. The van der Waals surface area contributed by atoms with Gasteiger partial charge in [0.1, 0.15) is 5.82 Å². The third-order valence-electron chi connectivity index (χ3n) is 1.70. The fourth-order valence-electron chi connectivity index (χ4n) is 1.13. The molecule has 0 fully saturated rings. The molecular weight excluding hydrogens is 180 g/mol. The van der Waals surface area contributed by atoms with Crippen LogP contribution in [-0.2, 0) is 0 Å². The van der Waals surface area contributed by atoms with E-state index in [9.17, 15) is 0 Å². The van der Waals surface area contributed by atoms with Gasteiger partial charge in [0.15, 0.2) is 5.82 Å². The van der Waals surface area contributed by atoms with Crippen LogP contribution in [0, 0.1) is 6.92 Å². The molecule has 2 aromatic rings. The van der Waals surface area contributed by atoms with Crippen molar-refractivity contribution in [2.75, 3.05) is 11.5 Å². The van der Waals surface area contributed by atoms with Gasteiger partial charge in [-0.15, -0.1) is 0 Å². The van der Waals surface area contributed by atoms with Gasteiger partial charge in [-0.3, -0.25) is 0 Å². The molecule has 2 rings (SSSR count). The first-order chi connectivity index (χ1) is 6.65. The van der Waals surface area contributed by atoms with E-state index in [0.717, 1.165) is 5.56 Å². The first-order valence-corrected chi connectivity index (χ1v) is 4.07. The zero-order valence-electron chi connectivity index (χ0n) is 7.68. The molecule has 0 saturated carbocycles. The Balaban J connectivity index is 2.51. The van der Waals surface area contributed by atoms with Crippen LogP contribution in [0.4, 0.5) is 11.8 Å². The Bertz CT molecular complexity index is 440. The normalized spacial score (nSPS) is 10.4. The summed E-state index contributed by atoms with van der Waals surface area (Å²) in [6.07, 6.45) is 3.57. The lowest BCUT2D eigenvalue weighted by Gasteiger charge is -2.01. The lowest BCUT2D eigenvalue weighted by molar-refractivity contribution is 0.843. The van der Waals surface area contributed by atoms with Gasteiger partial charge in [-0.2, -0.15) is 15.1 Å². The van der Waals surface area contributed by atoms with Gasteiger partial charge in [-0.1, -0.05) is 0 Å². The van der Waals surface area contributed by atoms with E-state index >= 15 is 0 Å². The zero-order chi connectivity index (χ0) is 10.1. The maximum atomic E-state index is 5.53. The summed E-state index contributed by atoms with van der Waals surface area (Å²) in [5.74, 6) is 1.05. The van der Waals surface area contributed by atoms with Crippen LogP contribution in [0.5, 0.6) is 0 Å².